The monoisotopic (exact) mass is 430 g/mol. The quantitative estimate of drug-likeness (QED) is 0.663. The number of carbonyl (C=O) groups excluding carboxylic acids is 1. The summed E-state index contributed by atoms with van der Waals surface area (Å²) in [6.07, 6.45) is 3.50. The Balaban J connectivity index is 1.44. The van der Waals surface area contributed by atoms with Crippen LogP contribution in [0.2, 0.25) is 5.02 Å². The van der Waals surface area contributed by atoms with Gasteiger partial charge in [-0.1, -0.05) is 23.7 Å². The summed E-state index contributed by atoms with van der Waals surface area (Å²) in [6.45, 7) is 0.877. The molecule has 0 aliphatic carbocycles. The van der Waals surface area contributed by atoms with Crippen molar-refractivity contribution in [2.45, 2.75) is 38.4 Å². The topological polar surface area (TPSA) is 96.0 Å². The van der Waals surface area contributed by atoms with E-state index in [1.54, 1.807) is 24.9 Å². The largest absolute Gasteiger partial charge is 0.497 e. The van der Waals surface area contributed by atoms with Gasteiger partial charge >= 0.3 is 5.69 Å². The molecule has 9 nitrogen and oxygen atoms in total. The van der Waals surface area contributed by atoms with Crippen LogP contribution in [0, 0.1) is 0 Å². The molecule has 1 unspecified atom stereocenters. The second-order valence-corrected chi connectivity index (χ2v) is 7.76. The van der Waals surface area contributed by atoms with Gasteiger partial charge in [-0.15, -0.1) is 0 Å². The van der Waals surface area contributed by atoms with Crippen molar-refractivity contribution in [1.82, 2.24) is 29.4 Å². The molecule has 158 valence electrons. The number of amides is 1. The maximum atomic E-state index is 12.8. The molecule has 3 heterocycles. The van der Waals surface area contributed by atoms with Crippen LogP contribution in [-0.2, 0) is 26.6 Å². The molecule has 30 heavy (non-hydrogen) atoms. The number of hydrogen-bond donors (Lipinski definition) is 1. The second-order valence-electron chi connectivity index (χ2n) is 7.36. The van der Waals surface area contributed by atoms with Gasteiger partial charge in [0.1, 0.15) is 11.6 Å². The van der Waals surface area contributed by atoms with Crippen molar-refractivity contribution in [1.29, 1.82) is 0 Å². The molecule has 0 spiro atoms. The van der Waals surface area contributed by atoms with Crippen LogP contribution < -0.4 is 15.7 Å². The number of halogens is 1. The van der Waals surface area contributed by atoms with E-state index < -0.39 is 0 Å². The van der Waals surface area contributed by atoms with Crippen LogP contribution in [0.5, 0.6) is 5.75 Å². The number of carbonyl (C=O) groups is 1. The molecule has 1 aliphatic rings. The van der Waals surface area contributed by atoms with Crippen molar-refractivity contribution < 1.29 is 9.53 Å². The van der Waals surface area contributed by atoms with E-state index >= 15 is 0 Å². The standard InChI is InChI=1S/C20H23ClN6O3/c1-25-12-16(21)18(24-25)19(28)22-14-6-7-17-23-27(20(29)26(17)9-8-14)11-13-4-3-5-15(10-13)30-2/h3-5,10,12,14H,6-9,11H2,1-2H3,(H,22,28). The maximum absolute atomic E-state index is 12.8. The fourth-order valence-corrected chi connectivity index (χ4v) is 3.95. The van der Waals surface area contributed by atoms with Crippen LogP contribution in [0.4, 0.5) is 0 Å². The number of nitrogens with one attached hydrogen (secondary N) is 1. The van der Waals surface area contributed by atoms with Gasteiger partial charge in [0.15, 0.2) is 5.69 Å². The van der Waals surface area contributed by atoms with Gasteiger partial charge in [0.2, 0.25) is 0 Å². The summed E-state index contributed by atoms with van der Waals surface area (Å²) in [6, 6.07) is 7.50. The smallest absolute Gasteiger partial charge is 0.346 e. The Kier molecular flexibility index (Phi) is 5.63. The second kappa shape index (κ2) is 8.35. The zero-order valence-corrected chi connectivity index (χ0v) is 17.6. The number of rotatable bonds is 5. The molecule has 4 rings (SSSR count). The summed E-state index contributed by atoms with van der Waals surface area (Å²) in [4.78, 5) is 25.3. The zero-order valence-electron chi connectivity index (χ0n) is 16.8. The number of nitrogens with zero attached hydrogens (tertiary/aromatic N) is 5. The van der Waals surface area contributed by atoms with E-state index in [0.717, 1.165) is 17.1 Å². The first-order chi connectivity index (χ1) is 14.4. The Morgan fingerprint density at radius 2 is 2.17 bits per heavy atom. The normalized spacial score (nSPS) is 16.0. The third-order valence-electron chi connectivity index (χ3n) is 5.22. The molecule has 0 saturated carbocycles. The van der Waals surface area contributed by atoms with Crippen LogP contribution in [0.3, 0.4) is 0 Å². The molecule has 1 aromatic carbocycles. The summed E-state index contributed by atoms with van der Waals surface area (Å²) in [7, 11) is 3.32. The Hall–Kier alpha value is -3.07. The first-order valence-electron chi connectivity index (χ1n) is 9.74. The van der Waals surface area contributed by atoms with Gasteiger partial charge < -0.3 is 10.1 Å². The molecule has 0 bridgehead atoms. The highest BCUT2D eigenvalue weighted by molar-refractivity contribution is 6.33. The maximum Gasteiger partial charge on any atom is 0.346 e. The zero-order chi connectivity index (χ0) is 21.3. The minimum Gasteiger partial charge on any atom is -0.497 e. The van der Waals surface area contributed by atoms with Crippen LogP contribution in [0.15, 0.2) is 35.3 Å². The van der Waals surface area contributed by atoms with E-state index in [4.69, 9.17) is 16.3 Å². The van der Waals surface area contributed by atoms with Crippen LogP contribution in [0.25, 0.3) is 0 Å². The molecule has 1 atom stereocenters. The van der Waals surface area contributed by atoms with E-state index in [-0.39, 0.29) is 23.3 Å². The number of aromatic nitrogens is 5. The molecule has 1 aliphatic heterocycles. The number of hydrogen-bond acceptors (Lipinski definition) is 5. The van der Waals surface area contributed by atoms with E-state index in [9.17, 15) is 9.59 Å². The Labute approximate surface area is 178 Å². The van der Waals surface area contributed by atoms with Gasteiger partial charge in [-0.25, -0.2) is 9.48 Å². The number of benzene rings is 1. The van der Waals surface area contributed by atoms with E-state index in [1.165, 1.54) is 9.36 Å². The molecule has 0 radical (unpaired) electrons. The molecule has 2 aromatic heterocycles. The number of fused-ring (bicyclic) bond motifs is 1. The van der Waals surface area contributed by atoms with Gasteiger partial charge in [0.05, 0.1) is 18.7 Å². The fraction of sp³-hybridized carbons (Fsp3) is 0.400. The van der Waals surface area contributed by atoms with Crippen molar-refractivity contribution in [2.24, 2.45) is 7.05 Å². The lowest BCUT2D eigenvalue weighted by Crippen LogP contribution is -2.36. The highest BCUT2D eigenvalue weighted by Gasteiger charge is 2.24. The summed E-state index contributed by atoms with van der Waals surface area (Å²) in [5.74, 6) is 1.17. The Bertz CT molecular complexity index is 1130. The molecule has 10 heteroatoms. The van der Waals surface area contributed by atoms with Crippen molar-refractivity contribution in [2.75, 3.05) is 7.11 Å². The highest BCUT2D eigenvalue weighted by Crippen LogP contribution is 2.17. The summed E-state index contributed by atoms with van der Waals surface area (Å²) >= 11 is 6.06. The van der Waals surface area contributed by atoms with E-state index in [0.29, 0.717) is 37.4 Å². The van der Waals surface area contributed by atoms with Crippen LogP contribution in [0.1, 0.15) is 34.7 Å². The molecule has 1 amide bonds. The van der Waals surface area contributed by atoms with Gasteiger partial charge in [-0.2, -0.15) is 10.2 Å². The predicted molar refractivity (Wildman–Crippen MR) is 111 cm³/mol. The van der Waals surface area contributed by atoms with Crippen LogP contribution >= 0.6 is 11.6 Å². The highest BCUT2D eigenvalue weighted by atomic mass is 35.5. The van der Waals surface area contributed by atoms with Gasteiger partial charge in [-0.05, 0) is 30.5 Å². The third-order valence-corrected chi connectivity index (χ3v) is 5.49. The molecular formula is C20H23ClN6O3. The lowest BCUT2D eigenvalue weighted by atomic mass is 10.1. The number of aryl methyl sites for hydroxylation is 2. The fourth-order valence-electron chi connectivity index (χ4n) is 3.69. The number of methoxy groups -OCH3 is 1. The summed E-state index contributed by atoms with van der Waals surface area (Å²) in [5, 5.41) is 11.9. The molecule has 0 fully saturated rings. The van der Waals surface area contributed by atoms with Crippen molar-refractivity contribution in [3.05, 3.63) is 63.1 Å². The first kappa shape index (κ1) is 20.2. The average molecular weight is 431 g/mol. The SMILES string of the molecule is COc1cccc(Cn2nc3n(c2=O)CCC(NC(=O)c2nn(C)cc2Cl)CC3)c1. The summed E-state index contributed by atoms with van der Waals surface area (Å²) in [5.41, 5.74) is 1.01. The van der Waals surface area contributed by atoms with Crippen molar-refractivity contribution in [3.63, 3.8) is 0 Å². The van der Waals surface area contributed by atoms with Crippen molar-refractivity contribution in [3.8, 4) is 5.75 Å². The minimum atomic E-state index is -0.305. The molecular weight excluding hydrogens is 408 g/mol. The Morgan fingerprint density at radius 1 is 1.33 bits per heavy atom. The van der Waals surface area contributed by atoms with Gasteiger partial charge in [-0.3, -0.25) is 14.0 Å². The predicted octanol–water partition coefficient (Wildman–Crippen LogP) is 1.62. The third kappa shape index (κ3) is 4.11. The lowest BCUT2D eigenvalue weighted by Gasteiger charge is -2.15. The molecule has 0 saturated heterocycles. The van der Waals surface area contributed by atoms with Crippen LogP contribution in [-0.4, -0.2) is 43.2 Å². The average Bonchev–Trinajstić information content (AvgIpc) is 3.13. The minimum absolute atomic E-state index is 0.0801. The summed E-state index contributed by atoms with van der Waals surface area (Å²) < 4.78 is 9.93. The Morgan fingerprint density at radius 3 is 2.90 bits per heavy atom. The van der Waals surface area contributed by atoms with Gasteiger partial charge in [0.25, 0.3) is 5.91 Å². The first-order valence-corrected chi connectivity index (χ1v) is 10.1. The van der Waals surface area contributed by atoms with Crippen molar-refractivity contribution >= 4 is 17.5 Å². The molecule has 1 N–H and O–H groups in total. The molecule has 3 aromatic rings. The lowest BCUT2D eigenvalue weighted by molar-refractivity contribution is 0.0927. The van der Waals surface area contributed by atoms with E-state index in [1.807, 2.05) is 24.3 Å². The van der Waals surface area contributed by atoms with E-state index in [2.05, 4.69) is 15.5 Å². The number of ether oxygens (including phenoxy) is 1. The van der Waals surface area contributed by atoms with Gasteiger partial charge in [0, 0.05) is 32.3 Å².